The topological polar surface area (TPSA) is 3.24 Å². The smallest absolute Gasteiger partial charge is 0.0387 e. The fourth-order valence-corrected chi connectivity index (χ4v) is 2.35. The van der Waals surface area contributed by atoms with Crippen molar-refractivity contribution in [2.75, 3.05) is 0 Å². The van der Waals surface area contributed by atoms with Crippen LogP contribution < -0.4 is 0 Å². The van der Waals surface area contributed by atoms with Crippen LogP contribution >= 0.6 is 0 Å². The van der Waals surface area contributed by atoms with Crippen molar-refractivity contribution in [1.29, 1.82) is 0 Å². The molecular weight excluding hydrogens is 170 g/mol. The first-order valence-electron chi connectivity index (χ1n) is 5.71. The van der Waals surface area contributed by atoms with Gasteiger partial charge < -0.3 is 4.90 Å². The molecule has 0 radical (unpaired) electrons. The van der Waals surface area contributed by atoms with Gasteiger partial charge in [-0.15, -0.1) is 0 Å². The van der Waals surface area contributed by atoms with Gasteiger partial charge in [0.25, 0.3) is 0 Å². The van der Waals surface area contributed by atoms with Crippen molar-refractivity contribution >= 4 is 0 Å². The van der Waals surface area contributed by atoms with Gasteiger partial charge in [0, 0.05) is 23.4 Å². The first-order chi connectivity index (χ1) is 6.54. The SMILES string of the molecule is C=C1C(C)C(C)N1C(C)=C(CC)CC. The summed E-state index contributed by atoms with van der Waals surface area (Å²) in [6, 6.07) is 0.635. The number of nitrogens with zero attached hydrogens (tertiary/aromatic N) is 1. The highest BCUT2D eigenvalue weighted by atomic mass is 15.2. The molecule has 0 saturated carbocycles. The number of rotatable bonds is 3. The van der Waals surface area contributed by atoms with Crippen molar-refractivity contribution < 1.29 is 0 Å². The van der Waals surface area contributed by atoms with E-state index in [4.69, 9.17) is 0 Å². The Hall–Kier alpha value is -0.720. The third-order valence-electron chi connectivity index (χ3n) is 3.69. The van der Waals surface area contributed by atoms with Gasteiger partial charge in [-0.2, -0.15) is 0 Å². The van der Waals surface area contributed by atoms with Crippen LogP contribution in [0.15, 0.2) is 23.5 Å². The van der Waals surface area contributed by atoms with Crippen LogP contribution in [0.4, 0.5) is 0 Å². The molecule has 2 atom stereocenters. The second kappa shape index (κ2) is 4.20. The van der Waals surface area contributed by atoms with Gasteiger partial charge >= 0.3 is 0 Å². The van der Waals surface area contributed by atoms with E-state index in [2.05, 4.69) is 46.1 Å². The molecule has 1 aliphatic rings. The summed E-state index contributed by atoms with van der Waals surface area (Å²) in [7, 11) is 0. The standard InChI is InChI=1S/C13H23N/c1-7-13(8-2)12(6)14-10(4)9(3)11(14)5/h9,11H,4,7-8H2,1-3,5-6H3. The predicted molar refractivity (Wildman–Crippen MR) is 62.9 cm³/mol. The largest absolute Gasteiger partial charge is 0.346 e. The maximum atomic E-state index is 4.14. The summed E-state index contributed by atoms with van der Waals surface area (Å²) in [6.07, 6.45) is 2.32. The van der Waals surface area contributed by atoms with Crippen LogP contribution in [0, 0.1) is 5.92 Å². The molecule has 80 valence electrons. The van der Waals surface area contributed by atoms with Crippen molar-refractivity contribution in [2.24, 2.45) is 5.92 Å². The fourth-order valence-electron chi connectivity index (χ4n) is 2.35. The molecule has 2 unspecified atom stereocenters. The average molecular weight is 193 g/mol. The molecule has 1 fully saturated rings. The highest BCUT2D eigenvalue weighted by Crippen LogP contribution is 2.39. The summed E-state index contributed by atoms with van der Waals surface area (Å²) in [4.78, 5) is 2.40. The van der Waals surface area contributed by atoms with Gasteiger partial charge in [0.15, 0.2) is 0 Å². The molecule has 1 heterocycles. The molecule has 1 rings (SSSR count). The summed E-state index contributed by atoms with van der Waals surface area (Å²) < 4.78 is 0. The summed E-state index contributed by atoms with van der Waals surface area (Å²) in [5.74, 6) is 0.653. The zero-order valence-corrected chi connectivity index (χ0v) is 10.2. The summed E-state index contributed by atoms with van der Waals surface area (Å²) in [5.41, 5.74) is 4.28. The van der Waals surface area contributed by atoms with E-state index >= 15 is 0 Å². The van der Waals surface area contributed by atoms with Gasteiger partial charge in [0.05, 0.1) is 0 Å². The average Bonchev–Trinajstić information content (AvgIpc) is 2.19. The summed E-state index contributed by atoms with van der Waals surface area (Å²) >= 11 is 0. The molecule has 0 bridgehead atoms. The van der Waals surface area contributed by atoms with Crippen LogP contribution in [-0.2, 0) is 0 Å². The van der Waals surface area contributed by atoms with E-state index in [1.807, 2.05) is 0 Å². The molecule has 14 heavy (non-hydrogen) atoms. The van der Waals surface area contributed by atoms with Crippen LogP contribution in [0.3, 0.4) is 0 Å². The molecule has 1 aliphatic heterocycles. The lowest BCUT2D eigenvalue weighted by Gasteiger charge is -2.50. The maximum Gasteiger partial charge on any atom is 0.0387 e. The fraction of sp³-hybridized carbons (Fsp3) is 0.692. The zero-order valence-electron chi connectivity index (χ0n) is 10.2. The lowest BCUT2D eigenvalue weighted by atomic mass is 9.86. The monoisotopic (exact) mass is 193 g/mol. The quantitative estimate of drug-likeness (QED) is 0.656. The minimum Gasteiger partial charge on any atom is -0.346 e. The summed E-state index contributed by atoms with van der Waals surface area (Å²) in [6.45, 7) is 15.4. The minimum atomic E-state index is 0.635. The van der Waals surface area contributed by atoms with Crippen molar-refractivity contribution in [3.05, 3.63) is 23.5 Å². The van der Waals surface area contributed by atoms with Gasteiger partial charge in [-0.05, 0) is 26.7 Å². The van der Waals surface area contributed by atoms with Crippen LogP contribution in [0.25, 0.3) is 0 Å². The second-order valence-corrected chi connectivity index (χ2v) is 4.29. The van der Waals surface area contributed by atoms with E-state index in [-0.39, 0.29) is 0 Å². The molecule has 1 nitrogen and oxygen atoms in total. The van der Waals surface area contributed by atoms with Crippen LogP contribution in [0.1, 0.15) is 47.5 Å². The first-order valence-corrected chi connectivity index (χ1v) is 5.71. The molecule has 0 aliphatic carbocycles. The van der Waals surface area contributed by atoms with E-state index < -0.39 is 0 Å². The van der Waals surface area contributed by atoms with Crippen LogP contribution in [-0.4, -0.2) is 10.9 Å². The van der Waals surface area contributed by atoms with Crippen molar-refractivity contribution in [2.45, 2.75) is 53.5 Å². The van der Waals surface area contributed by atoms with Crippen molar-refractivity contribution in [3.8, 4) is 0 Å². The second-order valence-electron chi connectivity index (χ2n) is 4.29. The first kappa shape index (κ1) is 11.4. The Morgan fingerprint density at radius 2 is 1.79 bits per heavy atom. The Bertz CT molecular complexity index is 256. The number of hydrogen-bond acceptors (Lipinski definition) is 1. The highest BCUT2D eigenvalue weighted by molar-refractivity contribution is 5.26. The molecule has 0 amide bonds. The lowest BCUT2D eigenvalue weighted by Crippen LogP contribution is -2.49. The third-order valence-corrected chi connectivity index (χ3v) is 3.69. The van der Waals surface area contributed by atoms with Gasteiger partial charge in [-0.3, -0.25) is 0 Å². The van der Waals surface area contributed by atoms with Gasteiger partial charge in [-0.1, -0.05) is 32.9 Å². The Labute approximate surface area is 88.5 Å². The van der Waals surface area contributed by atoms with Gasteiger partial charge in [0.1, 0.15) is 0 Å². The van der Waals surface area contributed by atoms with E-state index in [0.717, 1.165) is 12.8 Å². The molecule has 0 aromatic heterocycles. The molecule has 1 saturated heterocycles. The Morgan fingerprint density at radius 3 is 2.14 bits per heavy atom. The van der Waals surface area contributed by atoms with Crippen LogP contribution in [0.2, 0.25) is 0 Å². The number of hydrogen-bond donors (Lipinski definition) is 0. The molecule has 0 aromatic carbocycles. The highest BCUT2D eigenvalue weighted by Gasteiger charge is 2.36. The summed E-state index contributed by atoms with van der Waals surface area (Å²) in [5, 5.41) is 0. The minimum absolute atomic E-state index is 0.635. The Morgan fingerprint density at radius 1 is 1.29 bits per heavy atom. The van der Waals surface area contributed by atoms with Gasteiger partial charge in [-0.25, -0.2) is 0 Å². The van der Waals surface area contributed by atoms with E-state index in [1.165, 1.54) is 11.4 Å². The lowest BCUT2D eigenvalue weighted by molar-refractivity contribution is 0.149. The van der Waals surface area contributed by atoms with Crippen molar-refractivity contribution in [3.63, 3.8) is 0 Å². The van der Waals surface area contributed by atoms with Gasteiger partial charge in [0.2, 0.25) is 0 Å². The number of allylic oxidation sites excluding steroid dienone is 2. The molecule has 0 aromatic rings. The van der Waals surface area contributed by atoms with E-state index in [9.17, 15) is 0 Å². The maximum absolute atomic E-state index is 4.14. The predicted octanol–water partition coefficient (Wildman–Crippen LogP) is 3.93. The molecule has 1 heteroatoms. The molecule has 0 spiro atoms. The third kappa shape index (κ3) is 1.60. The van der Waals surface area contributed by atoms with E-state index in [0.29, 0.717) is 12.0 Å². The molecule has 0 N–H and O–H groups in total. The zero-order chi connectivity index (χ0) is 10.9. The van der Waals surface area contributed by atoms with Crippen molar-refractivity contribution in [1.82, 2.24) is 4.90 Å². The molecular formula is C13H23N. The van der Waals surface area contributed by atoms with E-state index in [1.54, 1.807) is 5.57 Å². The Kier molecular flexibility index (Phi) is 3.41. The Balaban J connectivity index is 2.85. The number of likely N-dealkylation sites (tertiary alicyclic amines) is 1. The van der Waals surface area contributed by atoms with Crippen LogP contribution in [0.5, 0.6) is 0 Å². The normalized spacial score (nSPS) is 26.1.